The van der Waals surface area contributed by atoms with E-state index < -0.39 is 11.8 Å². The first-order valence-electron chi connectivity index (χ1n) is 11.1. The van der Waals surface area contributed by atoms with Crippen LogP contribution >= 0.6 is 11.3 Å². The topological polar surface area (TPSA) is 107 Å². The zero-order chi connectivity index (χ0) is 24.9. The summed E-state index contributed by atoms with van der Waals surface area (Å²) < 4.78 is 10.8. The fourth-order valence-electron chi connectivity index (χ4n) is 3.64. The van der Waals surface area contributed by atoms with E-state index in [1.165, 1.54) is 11.3 Å². The molecule has 9 nitrogen and oxygen atoms in total. The van der Waals surface area contributed by atoms with Crippen LogP contribution in [0.2, 0.25) is 0 Å². The maximum absolute atomic E-state index is 12.7. The number of thiazole rings is 1. The summed E-state index contributed by atoms with van der Waals surface area (Å²) >= 11 is 1.38. The molecule has 2 aromatic carbocycles. The highest BCUT2D eigenvalue weighted by Crippen LogP contribution is 2.29. The Morgan fingerprint density at radius 3 is 2.46 bits per heavy atom. The number of carbonyl (C=O) groups excluding carboxylic acids is 3. The summed E-state index contributed by atoms with van der Waals surface area (Å²) in [7, 11) is 1.54. The molecule has 1 aliphatic heterocycles. The van der Waals surface area contributed by atoms with Gasteiger partial charge in [0.2, 0.25) is 0 Å². The molecule has 0 saturated carbocycles. The minimum absolute atomic E-state index is 0.191. The molecule has 2 heterocycles. The first-order valence-corrected chi connectivity index (χ1v) is 11.9. The number of ether oxygens (including phenoxy) is 2. The van der Waals surface area contributed by atoms with Gasteiger partial charge in [0.15, 0.2) is 16.6 Å². The van der Waals surface area contributed by atoms with Crippen LogP contribution in [-0.2, 0) is 11.3 Å². The first kappa shape index (κ1) is 24.4. The Labute approximate surface area is 206 Å². The largest absolute Gasteiger partial charge is 0.493 e. The highest BCUT2D eigenvalue weighted by molar-refractivity contribution is 7.15. The van der Waals surface area contributed by atoms with Crippen LogP contribution in [0.4, 0.5) is 5.13 Å². The van der Waals surface area contributed by atoms with Crippen LogP contribution < -0.4 is 14.8 Å². The number of nitrogens with zero attached hydrogens (tertiary/aromatic N) is 2. The van der Waals surface area contributed by atoms with Crippen molar-refractivity contribution >= 4 is 34.2 Å². The summed E-state index contributed by atoms with van der Waals surface area (Å²) in [5.74, 6) is -0.148. The second-order valence-corrected chi connectivity index (χ2v) is 8.75. The standard InChI is InChI=1S/C25H25N3O6S/c1-4-33-20-14-16(11-12-19(20)32-3)22(29)27-25-26-15(2)21(35-25)10-7-13-34-28-23(30)17-8-5-6-9-18(17)24(28)31/h5-6,8-9,11-12,14H,4,7,10,13H2,1-3H3,(H,26,27,29). The van der Waals surface area contributed by atoms with Crippen molar-refractivity contribution in [3.8, 4) is 11.5 Å². The Kier molecular flexibility index (Phi) is 7.42. The molecule has 4 rings (SSSR count). The predicted octanol–water partition coefficient (Wildman–Crippen LogP) is 4.27. The zero-order valence-electron chi connectivity index (χ0n) is 19.6. The van der Waals surface area contributed by atoms with Crippen LogP contribution in [0.25, 0.3) is 0 Å². The molecule has 0 bridgehead atoms. The molecule has 0 radical (unpaired) electrons. The van der Waals surface area contributed by atoms with E-state index >= 15 is 0 Å². The number of anilines is 1. The molecule has 35 heavy (non-hydrogen) atoms. The number of benzene rings is 2. The summed E-state index contributed by atoms with van der Waals surface area (Å²) in [5.41, 5.74) is 1.93. The minimum atomic E-state index is -0.449. The maximum Gasteiger partial charge on any atom is 0.285 e. The van der Waals surface area contributed by atoms with Crippen LogP contribution in [0.3, 0.4) is 0 Å². The lowest BCUT2D eigenvalue weighted by atomic mass is 10.1. The van der Waals surface area contributed by atoms with Crippen molar-refractivity contribution < 1.29 is 28.7 Å². The third kappa shape index (κ3) is 5.18. The molecule has 10 heteroatoms. The Bertz CT molecular complexity index is 1240. The van der Waals surface area contributed by atoms with Gasteiger partial charge in [-0.25, -0.2) is 4.98 Å². The molecule has 3 aromatic rings. The summed E-state index contributed by atoms with van der Waals surface area (Å²) in [6.07, 6.45) is 1.19. The normalized spacial score (nSPS) is 12.6. The Morgan fingerprint density at radius 2 is 1.80 bits per heavy atom. The lowest BCUT2D eigenvalue weighted by Gasteiger charge is -2.12. The number of carbonyl (C=O) groups is 3. The predicted molar refractivity (Wildman–Crippen MR) is 130 cm³/mol. The molecule has 3 amide bonds. The molecule has 182 valence electrons. The van der Waals surface area contributed by atoms with Crippen molar-refractivity contribution in [3.05, 3.63) is 69.7 Å². The molecule has 0 unspecified atom stereocenters. The van der Waals surface area contributed by atoms with E-state index in [-0.39, 0.29) is 12.5 Å². The average molecular weight is 496 g/mol. The monoisotopic (exact) mass is 495 g/mol. The molecule has 0 fully saturated rings. The number of rotatable bonds is 10. The lowest BCUT2D eigenvalue weighted by molar-refractivity contribution is -0.0918. The van der Waals surface area contributed by atoms with Gasteiger partial charge in [0.05, 0.1) is 37.1 Å². The lowest BCUT2D eigenvalue weighted by Crippen LogP contribution is -2.30. The van der Waals surface area contributed by atoms with E-state index in [9.17, 15) is 14.4 Å². The number of methoxy groups -OCH3 is 1. The van der Waals surface area contributed by atoms with Crippen molar-refractivity contribution in [3.63, 3.8) is 0 Å². The van der Waals surface area contributed by atoms with E-state index in [0.717, 1.165) is 15.6 Å². The summed E-state index contributed by atoms with van der Waals surface area (Å²) in [4.78, 5) is 48.3. The minimum Gasteiger partial charge on any atom is -0.493 e. The molecule has 0 spiro atoms. The number of hydroxylamine groups is 2. The first-order chi connectivity index (χ1) is 16.9. The average Bonchev–Trinajstić information content (AvgIpc) is 3.33. The number of hydrogen-bond donors (Lipinski definition) is 1. The van der Waals surface area contributed by atoms with Gasteiger partial charge in [-0.05, 0) is 57.0 Å². The Morgan fingerprint density at radius 1 is 1.09 bits per heavy atom. The number of aromatic nitrogens is 1. The smallest absolute Gasteiger partial charge is 0.285 e. The van der Waals surface area contributed by atoms with Gasteiger partial charge in [-0.15, -0.1) is 16.4 Å². The van der Waals surface area contributed by atoms with Crippen LogP contribution in [-0.4, -0.2) is 48.1 Å². The summed E-state index contributed by atoms with van der Waals surface area (Å²) in [5, 5.41) is 4.13. The second-order valence-electron chi connectivity index (χ2n) is 7.67. The van der Waals surface area contributed by atoms with Gasteiger partial charge in [0, 0.05) is 10.4 Å². The Balaban J connectivity index is 1.31. The quantitative estimate of drug-likeness (QED) is 0.331. The van der Waals surface area contributed by atoms with Crippen molar-refractivity contribution in [1.29, 1.82) is 0 Å². The van der Waals surface area contributed by atoms with Crippen LogP contribution in [0.15, 0.2) is 42.5 Å². The third-order valence-electron chi connectivity index (χ3n) is 5.36. The Hall–Kier alpha value is -3.76. The molecule has 1 N–H and O–H groups in total. The number of amides is 3. The zero-order valence-corrected chi connectivity index (χ0v) is 20.4. The summed E-state index contributed by atoms with van der Waals surface area (Å²) in [6, 6.07) is 11.6. The fraction of sp³-hybridized carbons (Fsp3) is 0.280. The van der Waals surface area contributed by atoms with E-state index in [0.29, 0.717) is 52.8 Å². The molecule has 0 aliphatic carbocycles. The summed E-state index contributed by atoms with van der Waals surface area (Å²) in [6.45, 7) is 4.37. The van der Waals surface area contributed by atoms with Crippen LogP contribution in [0.5, 0.6) is 11.5 Å². The molecule has 0 saturated heterocycles. The van der Waals surface area contributed by atoms with Gasteiger partial charge < -0.3 is 9.47 Å². The van der Waals surface area contributed by atoms with Crippen molar-refractivity contribution in [2.75, 3.05) is 25.6 Å². The maximum atomic E-state index is 12.7. The number of aryl methyl sites for hydroxylation is 2. The molecular weight excluding hydrogens is 470 g/mol. The second kappa shape index (κ2) is 10.7. The SMILES string of the molecule is CCOc1cc(C(=O)Nc2nc(C)c(CCCON3C(=O)c4ccccc4C3=O)s2)ccc1OC. The van der Waals surface area contributed by atoms with E-state index in [2.05, 4.69) is 10.3 Å². The van der Waals surface area contributed by atoms with Gasteiger partial charge in [0.1, 0.15) is 0 Å². The van der Waals surface area contributed by atoms with Gasteiger partial charge in [-0.3, -0.25) is 24.5 Å². The van der Waals surface area contributed by atoms with E-state index in [1.54, 1.807) is 49.6 Å². The molecule has 1 aromatic heterocycles. The van der Waals surface area contributed by atoms with Crippen LogP contribution in [0.1, 0.15) is 55.0 Å². The van der Waals surface area contributed by atoms with Gasteiger partial charge in [-0.1, -0.05) is 12.1 Å². The van der Waals surface area contributed by atoms with Crippen molar-refractivity contribution in [1.82, 2.24) is 10.0 Å². The number of fused-ring (bicyclic) bond motifs is 1. The highest BCUT2D eigenvalue weighted by atomic mass is 32.1. The fourth-order valence-corrected chi connectivity index (χ4v) is 4.64. The molecular formula is C25H25N3O6S. The molecule has 1 aliphatic rings. The van der Waals surface area contributed by atoms with Crippen LogP contribution in [0, 0.1) is 6.92 Å². The van der Waals surface area contributed by atoms with Crippen molar-refractivity contribution in [2.45, 2.75) is 26.7 Å². The van der Waals surface area contributed by atoms with Gasteiger partial charge in [0.25, 0.3) is 17.7 Å². The van der Waals surface area contributed by atoms with Crippen molar-refractivity contribution in [2.24, 2.45) is 0 Å². The molecule has 0 atom stereocenters. The number of imide groups is 1. The van der Waals surface area contributed by atoms with E-state index in [4.69, 9.17) is 14.3 Å². The highest BCUT2D eigenvalue weighted by Gasteiger charge is 2.36. The third-order valence-corrected chi connectivity index (χ3v) is 6.50. The van der Waals surface area contributed by atoms with Gasteiger partial charge >= 0.3 is 0 Å². The number of hydrogen-bond acceptors (Lipinski definition) is 8. The number of nitrogens with one attached hydrogen (secondary N) is 1. The van der Waals surface area contributed by atoms with E-state index in [1.807, 2.05) is 13.8 Å². The van der Waals surface area contributed by atoms with Gasteiger partial charge in [-0.2, -0.15) is 0 Å².